The van der Waals surface area contributed by atoms with E-state index in [0.717, 1.165) is 17.6 Å². The van der Waals surface area contributed by atoms with Gasteiger partial charge in [-0.15, -0.1) is 0 Å². The van der Waals surface area contributed by atoms with Gasteiger partial charge in [-0.25, -0.2) is 0 Å². The molecule has 2 aromatic rings. The molecule has 1 amide bonds. The number of hydrogen-bond acceptors (Lipinski definition) is 2. The van der Waals surface area contributed by atoms with Crippen LogP contribution in [-0.2, 0) is 13.1 Å². The highest BCUT2D eigenvalue weighted by molar-refractivity contribution is 9.10. The highest BCUT2D eigenvalue weighted by atomic mass is 79.9. The average molecular weight is 347 g/mol. The Labute approximate surface area is 134 Å². The molecule has 0 aliphatic carbocycles. The zero-order chi connectivity index (χ0) is 15.2. The van der Waals surface area contributed by atoms with E-state index in [-0.39, 0.29) is 5.91 Å². The van der Waals surface area contributed by atoms with Crippen molar-refractivity contribution in [3.63, 3.8) is 0 Å². The van der Waals surface area contributed by atoms with Crippen molar-refractivity contribution in [1.29, 1.82) is 0 Å². The fourth-order valence-corrected chi connectivity index (χ4v) is 2.60. The van der Waals surface area contributed by atoms with Crippen molar-refractivity contribution in [1.82, 2.24) is 10.2 Å². The summed E-state index contributed by atoms with van der Waals surface area (Å²) in [5, 5.41) is 2.63. The molecule has 1 N–H and O–H groups in total. The molecule has 2 aromatic carbocycles. The maximum Gasteiger partial charge on any atom is 0.251 e. The summed E-state index contributed by atoms with van der Waals surface area (Å²) in [4.78, 5) is 13.7. The Kier molecular flexibility index (Phi) is 5.53. The molecule has 0 aliphatic heterocycles. The van der Waals surface area contributed by atoms with E-state index in [2.05, 4.69) is 45.3 Å². The zero-order valence-electron chi connectivity index (χ0n) is 12.3. The smallest absolute Gasteiger partial charge is 0.251 e. The van der Waals surface area contributed by atoms with E-state index >= 15 is 0 Å². The molecule has 0 aliphatic rings. The SMILES string of the molecule is CNC(=O)c1ccc(CN(C)Cc2ccccc2Br)cc1. The van der Waals surface area contributed by atoms with Crippen LogP contribution in [0.15, 0.2) is 53.0 Å². The molecular formula is C17H19BrN2O. The quantitative estimate of drug-likeness (QED) is 0.899. The van der Waals surface area contributed by atoms with Crippen LogP contribution in [0, 0.1) is 0 Å². The van der Waals surface area contributed by atoms with Crippen molar-refractivity contribution in [2.45, 2.75) is 13.1 Å². The highest BCUT2D eigenvalue weighted by Crippen LogP contribution is 2.18. The van der Waals surface area contributed by atoms with Gasteiger partial charge in [-0.1, -0.05) is 46.3 Å². The van der Waals surface area contributed by atoms with Crippen LogP contribution in [0.25, 0.3) is 0 Å². The van der Waals surface area contributed by atoms with Gasteiger partial charge in [-0.2, -0.15) is 0 Å². The van der Waals surface area contributed by atoms with Gasteiger partial charge in [0.15, 0.2) is 0 Å². The minimum atomic E-state index is -0.0527. The third-order valence-electron chi connectivity index (χ3n) is 3.29. The van der Waals surface area contributed by atoms with Gasteiger partial charge < -0.3 is 5.32 Å². The third-order valence-corrected chi connectivity index (χ3v) is 4.07. The van der Waals surface area contributed by atoms with E-state index in [4.69, 9.17) is 0 Å². The second-order valence-electron chi connectivity index (χ2n) is 5.04. The summed E-state index contributed by atoms with van der Waals surface area (Å²) in [6.45, 7) is 1.72. The van der Waals surface area contributed by atoms with Crippen LogP contribution >= 0.6 is 15.9 Å². The molecule has 21 heavy (non-hydrogen) atoms. The van der Waals surface area contributed by atoms with E-state index in [1.54, 1.807) is 7.05 Å². The van der Waals surface area contributed by atoms with Gasteiger partial charge in [-0.3, -0.25) is 9.69 Å². The number of hydrogen-bond donors (Lipinski definition) is 1. The van der Waals surface area contributed by atoms with Crippen LogP contribution in [0.3, 0.4) is 0 Å². The van der Waals surface area contributed by atoms with Crippen LogP contribution in [0.5, 0.6) is 0 Å². The lowest BCUT2D eigenvalue weighted by Gasteiger charge is -2.18. The average Bonchev–Trinajstić information content (AvgIpc) is 2.49. The second-order valence-corrected chi connectivity index (χ2v) is 5.89. The summed E-state index contributed by atoms with van der Waals surface area (Å²) in [6.07, 6.45) is 0. The minimum Gasteiger partial charge on any atom is -0.355 e. The Morgan fingerprint density at radius 2 is 1.76 bits per heavy atom. The number of amides is 1. The molecule has 0 fully saturated rings. The molecule has 0 unspecified atom stereocenters. The van der Waals surface area contributed by atoms with Crippen LogP contribution < -0.4 is 5.32 Å². The van der Waals surface area contributed by atoms with Gasteiger partial charge in [0.2, 0.25) is 0 Å². The molecule has 0 aromatic heterocycles. The van der Waals surface area contributed by atoms with Gasteiger partial charge in [-0.05, 0) is 36.4 Å². The zero-order valence-corrected chi connectivity index (χ0v) is 13.9. The molecule has 3 nitrogen and oxygen atoms in total. The first kappa shape index (κ1) is 15.7. The van der Waals surface area contributed by atoms with Crippen LogP contribution in [0.1, 0.15) is 21.5 Å². The summed E-state index contributed by atoms with van der Waals surface area (Å²) in [7, 11) is 3.73. The maximum atomic E-state index is 11.5. The molecule has 0 saturated carbocycles. The largest absolute Gasteiger partial charge is 0.355 e. The third kappa shape index (κ3) is 4.41. The standard InChI is InChI=1S/C17H19BrN2O/c1-19-17(21)14-9-7-13(8-10-14)11-20(2)12-15-5-3-4-6-16(15)18/h3-10H,11-12H2,1-2H3,(H,19,21). The van der Waals surface area contributed by atoms with Gasteiger partial charge in [0.05, 0.1) is 0 Å². The topological polar surface area (TPSA) is 32.3 Å². The molecule has 0 saturated heterocycles. The van der Waals surface area contributed by atoms with Crippen molar-refractivity contribution in [3.8, 4) is 0 Å². The van der Waals surface area contributed by atoms with E-state index in [9.17, 15) is 4.79 Å². The molecule has 0 bridgehead atoms. The number of benzene rings is 2. The monoisotopic (exact) mass is 346 g/mol. The molecule has 110 valence electrons. The molecule has 2 rings (SSSR count). The van der Waals surface area contributed by atoms with Gasteiger partial charge in [0.25, 0.3) is 5.91 Å². The first-order valence-electron chi connectivity index (χ1n) is 6.83. The Hall–Kier alpha value is -1.65. The van der Waals surface area contributed by atoms with Crippen molar-refractivity contribution < 1.29 is 4.79 Å². The van der Waals surface area contributed by atoms with Crippen LogP contribution in [0.4, 0.5) is 0 Å². The lowest BCUT2D eigenvalue weighted by molar-refractivity contribution is 0.0963. The number of nitrogens with zero attached hydrogens (tertiary/aromatic N) is 1. The molecule has 0 atom stereocenters. The summed E-state index contributed by atoms with van der Waals surface area (Å²) in [5.41, 5.74) is 3.15. The van der Waals surface area contributed by atoms with Crippen molar-refractivity contribution in [2.75, 3.05) is 14.1 Å². The summed E-state index contributed by atoms with van der Waals surface area (Å²) >= 11 is 3.57. The molecule has 4 heteroatoms. The van der Waals surface area contributed by atoms with Crippen molar-refractivity contribution in [2.24, 2.45) is 0 Å². The molecule has 0 spiro atoms. The first-order valence-corrected chi connectivity index (χ1v) is 7.62. The first-order chi connectivity index (χ1) is 10.1. The lowest BCUT2D eigenvalue weighted by Crippen LogP contribution is -2.19. The minimum absolute atomic E-state index is 0.0527. The summed E-state index contributed by atoms with van der Waals surface area (Å²) < 4.78 is 1.13. The number of carbonyl (C=O) groups is 1. The highest BCUT2D eigenvalue weighted by Gasteiger charge is 2.06. The molecule has 0 heterocycles. The lowest BCUT2D eigenvalue weighted by atomic mass is 10.1. The molecule has 0 radical (unpaired) electrons. The predicted octanol–water partition coefficient (Wildman–Crippen LogP) is 3.44. The van der Waals surface area contributed by atoms with Gasteiger partial charge >= 0.3 is 0 Å². The normalized spacial score (nSPS) is 10.7. The number of nitrogens with one attached hydrogen (secondary N) is 1. The van der Waals surface area contributed by atoms with E-state index in [0.29, 0.717) is 5.56 Å². The van der Waals surface area contributed by atoms with Crippen LogP contribution in [0.2, 0.25) is 0 Å². The number of carbonyl (C=O) groups excluding carboxylic acids is 1. The Bertz CT molecular complexity index is 610. The predicted molar refractivity (Wildman–Crippen MR) is 89.1 cm³/mol. The maximum absolute atomic E-state index is 11.5. The summed E-state index contributed by atoms with van der Waals surface area (Å²) in [6, 6.07) is 16.0. The van der Waals surface area contributed by atoms with E-state index in [1.807, 2.05) is 36.4 Å². The summed E-state index contributed by atoms with van der Waals surface area (Å²) in [5.74, 6) is -0.0527. The molecular weight excluding hydrogens is 328 g/mol. The number of rotatable bonds is 5. The fourth-order valence-electron chi connectivity index (χ4n) is 2.19. The Balaban J connectivity index is 1.98. The van der Waals surface area contributed by atoms with E-state index < -0.39 is 0 Å². The second kappa shape index (κ2) is 7.38. The van der Waals surface area contributed by atoms with E-state index in [1.165, 1.54) is 11.1 Å². The van der Waals surface area contributed by atoms with Crippen molar-refractivity contribution in [3.05, 3.63) is 69.7 Å². The van der Waals surface area contributed by atoms with Crippen molar-refractivity contribution >= 4 is 21.8 Å². The fraction of sp³-hybridized carbons (Fsp3) is 0.235. The van der Waals surface area contributed by atoms with Gasteiger partial charge in [0, 0.05) is 30.2 Å². The number of halogens is 1. The Morgan fingerprint density at radius 3 is 2.38 bits per heavy atom. The van der Waals surface area contributed by atoms with Crippen LogP contribution in [-0.4, -0.2) is 24.9 Å². The Morgan fingerprint density at radius 1 is 1.10 bits per heavy atom. The van der Waals surface area contributed by atoms with Gasteiger partial charge in [0.1, 0.15) is 0 Å².